The summed E-state index contributed by atoms with van der Waals surface area (Å²) in [5.41, 5.74) is 6.08. The predicted molar refractivity (Wildman–Crippen MR) is 109 cm³/mol. The maximum atomic E-state index is 12.4. The molecular weight excluding hydrogens is 385 g/mol. The molecule has 5 nitrogen and oxygen atoms in total. The first-order valence-electron chi connectivity index (χ1n) is 8.51. The molecule has 1 atom stereocenters. The van der Waals surface area contributed by atoms with E-state index in [1.54, 1.807) is 23.1 Å². The van der Waals surface area contributed by atoms with Gasteiger partial charge in [0.1, 0.15) is 0 Å². The van der Waals surface area contributed by atoms with Crippen LogP contribution in [-0.4, -0.2) is 24.6 Å². The lowest BCUT2D eigenvalue weighted by molar-refractivity contribution is -0.126. The van der Waals surface area contributed by atoms with Gasteiger partial charge in [0.2, 0.25) is 11.8 Å². The first-order valence-corrected chi connectivity index (χ1v) is 9.27. The summed E-state index contributed by atoms with van der Waals surface area (Å²) in [5, 5.41) is 4.82. The van der Waals surface area contributed by atoms with E-state index in [0.717, 1.165) is 16.8 Å². The Kier molecular flexibility index (Phi) is 5.82. The molecule has 1 saturated heterocycles. The van der Waals surface area contributed by atoms with Crippen LogP contribution < -0.4 is 10.3 Å². The number of anilines is 1. The molecule has 1 aliphatic heterocycles. The van der Waals surface area contributed by atoms with Crippen LogP contribution in [0.3, 0.4) is 0 Å². The maximum Gasteiger partial charge on any atom is 0.245 e. The number of carbonyl (C=O) groups is 2. The van der Waals surface area contributed by atoms with Crippen molar-refractivity contribution in [1.82, 2.24) is 5.43 Å². The number of rotatable bonds is 4. The number of carbonyl (C=O) groups excluding carboxylic acids is 2. The smallest absolute Gasteiger partial charge is 0.245 e. The van der Waals surface area contributed by atoms with E-state index in [4.69, 9.17) is 23.2 Å². The molecule has 1 fully saturated rings. The minimum atomic E-state index is -0.460. The first kappa shape index (κ1) is 19.4. The summed E-state index contributed by atoms with van der Waals surface area (Å²) in [6, 6.07) is 10.9. The van der Waals surface area contributed by atoms with E-state index in [1.165, 1.54) is 6.21 Å². The quantitative estimate of drug-likeness (QED) is 0.616. The molecule has 140 valence electrons. The van der Waals surface area contributed by atoms with E-state index >= 15 is 0 Å². The molecule has 0 radical (unpaired) electrons. The van der Waals surface area contributed by atoms with Crippen LogP contribution in [-0.2, 0) is 9.59 Å². The summed E-state index contributed by atoms with van der Waals surface area (Å²) in [4.78, 5) is 26.4. The van der Waals surface area contributed by atoms with Crippen molar-refractivity contribution in [2.75, 3.05) is 11.4 Å². The van der Waals surface area contributed by atoms with Crippen molar-refractivity contribution in [2.24, 2.45) is 11.0 Å². The maximum absolute atomic E-state index is 12.4. The van der Waals surface area contributed by atoms with Gasteiger partial charge in [0.25, 0.3) is 0 Å². The minimum Gasteiger partial charge on any atom is -0.312 e. The molecule has 27 heavy (non-hydrogen) atoms. The SMILES string of the molecule is Cc1ccc(N2C[C@@H](C(=O)N/N=C\c3c(Cl)cccc3Cl)CC2=O)cc1C. The highest BCUT2D eigenvalue weighted by Crippen LogP contribution is 2.27. The van der Waals surface area contributed by atoms with Crippen molar-refractivity contribution in [3.8, 4) is 0 Å². The average Bonchev–Trinajstić information content (AvgIpc) is 3.01. The topological polar surface area (TPSA) is 61.8 Å². The molecule has 2 aromatic carbocycles. The Morgan fingerprint density at radius 3 is 2.56 bits per heavy atom. The lowest BCUT2D eigenvalue weighted by atomic mass is 10.1. The van der Waals surface area contributed by atoms with Crippen LogP contribution in [0, 0.1) is 19.8 Å². The second-order valence-electron chi connectivity index (χ2n) is 6.54. The number of nitrogens with zero attached hydrogens (tertiary/aromatic N) is 2. The van der Waals surface area contributed by atoms with Gasteiger partial charge in [0, 0.05) is 24.2 Å². The van der Waals surface area contributed by atoms with Crippen molar-refractivity contribution in [1.29, 1.82) is 0 Å². The molecular formula is C20H19Cl2N3O2. The molecule has 1 aliphatic rings. The summed E-state index contributed by atoms with van der Waals surface area (Å²) < 4.78 is 0. The van der Waals surface area contributed by atoms with Crippen LogP contribution in [0.25, 0.3) is 0 Å². The van der Waals surface area contributed by atoms with E-state index in [9.17, 15) is 9.59 Å². The van der Waals surface area contributed by atoms with Gasteiger partial charge < -0.3 is 4.90 Å². The number of aryl methyl sites for hydroxylation is 2. The van der Waals surface area contributed by atoms with E-state index in [1.807, 2.05) is 32.0 Å². The predicted octanol–water partition coefficient (Wildman–Crippen LogP) is 4.11. The average molecular weight is 404 g/mol. The second kappa shape index (κ2) is 8.11. The summed E-state index contributed by atoms with van der Waals surface area (Å²) >= 11 is 12.1. The van der Waals surface area contributed by atoms with E-state index < -0.39 is 5.92 Å². The number of benzene rings is 2. The molecule has 0 aromatic heterocycles. The molecule has 0 aliphatic carbocycles. The minimum absolute atomic E-state index is 0.0727. The Bertz CT molecular complexity index is 907. The van der Waals surface area contributed by atoms with Crippen molar-refractivity contribution < 1.29 is 9.59 Å². The number of hydrazone groups is 1. The zero-order valence-corrected chi connectivity index (χ0v) is 16.5. The first-order chi connectivity index (χ1) is 12.9. The highest BCUT2D eigenvalue weighted by atomic mass is 35.5. The number of hydrogen-bond acceptors (Lipinski definition) is 3. The third-order valence-electron chi connectivity index (χ3n) is 4.67. The van der Waals surface area contributed by atoms with Crippen LogP contribution in [0.4, 0.5) is 5.69 Å². The third-order valence-corrected chi connectivity index (χ3v) is 5.33. The molecule has 1 N–H and O–H groups in total. The van der Waals surface area contributed by atoms with Crippen molar-refractivity contribution in [3.63, 3.8) is 0 Å². The molecule has 0 unspecified atom stereocenters. The van der Waals surface area contributed by atoms with Gasteiger partial charge in [-0.1, -0.05) is 35.3 Å². The molecule has 2 amide bonds. The lowest BCUT2D eigenvalue weighted by Crippen LogP contribution is -2.30. The Hall–Kier alpha value is -2.37. The fourth-order valence-electron chi connectivity index (χ4n) is 2.91. The van der Waals surface area contributed by atoms with E-state index in [2.05, 4.69) is 10.5 Å². The van der Waals surface area contributed by atoms with Crippen LogP contribution in [0.15, 0.2) is 41.5 Å². The van der Waals surface area contributed by atoms with Gasteiger partial charge in [-0.2, -0.15) is 5.10 Å². The van der Waals surface area contributed by atoms with Crippen LogP contribution >= 0.6 is 23.2 Å². The van der Waals surface area contributed by atoms with Crippen molar-refractivity contribution in [2.45, 2.75) is 20.3 Å². The van der Waals surface area contributed by atoms with Gasteiger partial charge >= 0.3 is 0 Å². The monoisotopic (exact) mass is 403 g/mol. The number of halogens is 2. The molecule has 1 heterocycles. The molecule has 0 bridgehead atoms. The number of nitrogens with one attached hydrogen (secondary N) is 1. The fraction of sp³-hybridized carbons (Fsp3) is 0.250. The lowest BCUT2D eigenvalue weighted by Gasteiger charge is -2.17. The highest BCUT2D eigenvalue weighted by molar-refractivity contribution is 6.38. The Balaban J connectivity index is 1.65. The zero-order chi connectivity index (χ0) is 19.6. The van der Waals surface area contributed by atoms with Crippen molar-refractivity contribution >= 4 is 46.9 Å². The van der Waals surface area contributed by atoms with E-state index in [0.29, 0.717) is 22.2 Å². The summed E-state index contributed by atoms with van der Waals surface area (Å²) in [6.45, 7) is 4.35. The summed E-state index contributed by atoms with van der Waals surface area (Å²) in [5.74, 6) is -0.844. The fourth-order valence-corrected chi connectivity index (χ4v) is 3.41. The van der Waals surface area contributed by atoms with Gasteiger partial charge in [-0.05, 0) is 49.2 Å². The van der Waals surface area contributed by atoms with Gasteiger partial charge in [-0.25, -0.2) is 5.43 Å². The molecule has 7 heteroatoms. The van der Waals surface area contributed by atoms with Gasteiger partial charge in [0.15, 0.2) is 0 Å². The second-order valence-corrected chi connectivity index (χ2v) is 7.36. The zero-order valence-electron chi connectivity index (χ0n) is 15.0. The molecule has 2 aromatic rings. The van der Waals surface area contributed by atoms with E-state index in [-0.39, 0.29) is 18.2 Å². The van der Waals surface area contributed by atoms with Gasteiger partial charge in [-0.3, -0.25) is 9.59 Å². The molecule has 0 saturated carbocycles. The Morgan fingerprint density at radius 1 is 1.19 bits per heavy atom. The van der Waals surface area contributed by atoms with Crippen LogP contribution in [0.2, 0.25) is 10.0 Å². The standard InChI is InChI=1S/C20H19Cl2N3O2/c1-12-6-7-15(8-13(12)2)25-11-14(9-19(25)26)20(27)24-23-10-16-17(21)4-3-5-18(16)22/h3-8,10,14H,9,11H2,1-2H3,(H,24,27)/b23-10-/t14-/m0/s1. The van der Waals surface area contributed by atoms with Gasteiger partial charge in [0.05, 0.1) is 22.2 Å². The largest absolute Gasteiger partial charge is 0.312 e. The third kappa shape index (κ3) is 4.31. The van der Waals surface area contributed by atoms with Crippen LogP contribution in [0.5, 0.6) is 0 Å². The van der Waals surface area contributed by atoms with Crippen molar-refractivity contribution in [3.05, 3.63) is 63.1 Å². The highest BCUT2D eigenvalue weighted by Gasteiger charge is 2.35. The molecule has 0 spiro atoms. The number of hydrogen-bond donors (Lipinski definition) is 1. The summed E-state index contributed by atoms with van der Waals surface area (Å²) in [6.07, 6.45) is 1.56. The summed E-state index contributed by atoms with van der Waals surface area (Å²) in [7, 11) is 0. The Morgan fingerprint density at radius 2 is 1.89 bits per heavy atom. The molecule has 3 rings (SSSR count). The number of amides is 2. The Labute approximate surface area is 168 Å². The van der Waals surface area contributed by atoms with Crippen LogP contribution in [0.1, 0.15) is 23.1 Å². The van der Waals surface area contributed by atoms with Gasteiger partial charge in [-0.15, -0.1) is 0 Å². The normalized spacial score (nSPS) is 17.0.